The molecule has 9 heavy (non-hydrogen) atoms. The van der Waals surface area contributed by atoms with Gasteiger partial charge in [-0.3, -0.25) is 4.99 Å². The summed E-state index contributed by atoms with van der Waals surface area (Å²) in [6.45, 7) is 8.13. The fourth-order valence-corrected chi connectivity index (χ4v) is 0.684. The van der Waals surface area contributed by atoms with Crippen LogP contribution >= 0.6 is 0 Å². The Hall–Kier alpha value is -0.530. The van der Waals surface area contributed by atoms with E-state index in [1.165, 1.54) is 5.84 Å². The van der Waals surface area contributed by atoms with Crippen LogP contribution in [0.25, 0.3) is 0 Å². The number of hydrogen-bond donors (Lipinski definition) is 1. The first-order chi connectivity index (χ1) is 4.43. The summed E-state index contributed by atoms with van der Waals surface area (Å²) in [5.41, 5.74) is 0. The van der Waals surface area contributed by atoms with E-state index in [2.05, 4.69) is 17.2 Å². The second-order valence-electron chi connectivity index (χ2n) is 1.61. The van der Waals surface area contributed by atoms with E-state index in [4.69, 9.17) is 0 Å². The lowest BCUT2D eigenvalue weighted by Gasteiger charge is -1.91. The van der Waals surface area contributed by atoms with Gasteiger partial charge in [0.05, 0.1) is 12.4 Å². The van der Waals surface area contributed by atoms with Crippen molar-refractivity contribution >= 4 is 5.84 Å². The van der Waals surface area contributed by atoms with Crippen molar-refractivity contribution in [2.45, 2.75) is 27.2 Å². The smallest absolute Gasteiger partial charge is 0.0961 e. The summed E-state index contributed by atoms with van der Waals surface area (Å²) in [6.07, 6.45) is 1.06. The van der Waals surface area contributed by atoms with Gasteiger partial charge in [-0.25, -0.2) is 0 Å². The van der Waals surface area contributed by atoms with Crippen molar-refractivity contribution < 1.29 is 1.43 Å². The highest BCUT2D eigenvalue weighted by molar-refractivity contribution is 5.83. The number of hydrogen-bond acceptors (Lipinski definition) is 2. The zero-order valence-electron chi connectivity index (χ0n) is 6.57. The first-order valence-corrected chi connectivity index (χ1v) is 3.70. The zero-order valence-corrected chi connectivity index (χ0v) is 6.57. The third kappa shape index (κ3) is 3.12. The van der Waals surface area contributed by atoms with Gasteiger partial charge in [0, 0.05) is 14.4 Å². The normalized spacial score (nSPS) is 15.2. The van der Waals surface area contributed by atoms with Crippen LogP contribution in [0, 0.1) is 0 Å². The highest BCUT2D eigenvalue weighted by Crippen LogP contribution is 1.87. The Labute approximate surface area is 58.9 Å². The molecule has 1 aliphatic heterocycles. The minimum Gasteiger partial charge on any atom is -0.372 e. The molecule has 0 fully saturated rings. The fourth-order valence-electron chi connectivity index (χ4n) is 0.684. The molecule has 0 spiro atoms. The maximum absolute atomic E-state index is 4.16. The summed E-state index contributed by atoms with van der Waals surface area (Å²) >= 11 is 0. The summed E-state index contributed by atoms with van der Waals surface area (Å²) in [5.74, 6) is 1.17. The highest BCUT2D eigenvalue weighted by Gasteiger charge is 1.98. The van der Waals surface area contributed by atoms with Crippen molar-refractivity contribution in [1.29, 1.82) is 0 Å². The van der Waals surface area contributed by atoms with Crippen molar-refractivity contribution in [1.82, 2.24) is 5.32 Å². The Morgan fingerprint density at radius 1 is 1.67 bits per heavy atom. The van der Waals surface area contributed by atoms with Crippen molar-refractivity contribution in [2.75, 3.05) is 13.1 Å². The molecule has 0 radical (unpaired) electrons. The molecule has 0 aromatic heterocycles. The zero-order chi connectivity index (χ0) is 7.11. The Bertz CT molecular complexity index is 91.6. The predicted octanol–water partition coefficient (Wildman–Crippen LogP) is 1.67. The minimum atomic E-state index is 0. The number of amidine groups is 1. The van der Waals surface area contributed by atoms with Crippen LogP contribution < -0.4 is 5.32 Å². The molecule has 0 atom stereocenters. The molecular weight excluding hydrogens is 112 g/mol. The molecule has 0 aromatic rings. The van der Waals surface area contributed by atoms with Crippen molar-refractivity contribution in [3.63, 3.8) is 0 Å². The lowest BCUT2D eigenvalue weighted by atomic mass is 10.4. The Balaban J connectivity index is 0. The van der Waals surface area contributed by atoms with Gasteiger partial charge in [0.25, 0.3) is 0 Å². The summed E-state index contributed by atoms with van der Waals surface area (Å²) in [7, 11) is 0. The van der Waals surface area contributed by atoms with Gasteiger partial charge < -0.3 is 5.32 Å². The second kappa shape index (κ2) is 5.60. The Morgan fingerprint density at radius 2 is 2.33 bits per heavy atom. The van der Waals surface area contributed by atoms with Gasteiger partial charge in [-0.2, -0.15) is 0 Å². The number of aliphatic imine (C=N–C) groups is 1. The molecule has 1 rings (SSSR count). The van der Waals surface area contributed by atoms with E-state index in [0.717, 1.165) is 19.5 Å². The standard InChI is InChI=1S/C5H10N2.C2H6.H2/c1-2-5-6-3-4-7-5;1-2;/h2-4H2,1H3,(H,6,7);1-2H3;1H. The van der Waals surface area contributed by atoms with E-state index in [1.807, 2.05) is 13.8 Å². The van der Waals surface area contributed by atoms with Gasteiger partial charge in [-0.05, 0) is 0 Å². The highest BCUT2D eigenvalue weighted by atomic mass is 15.1. The van der Waals surface area contributed by atoms with E-state index in [-0.39, 0.29) is 1.43 Å². The van der Waals surface area contributed by atoms with Crippen LogP contribution in [0.2, 0.25) is 0 Å². The molecule has 0 amide bonds. The van der Waals surface area contributed by atoms with E-state index in [1.54, 1.807) is 0 Å². The van der Waals surface area contributed by atoms with E-state index in [0.29, 0.717) is 0 Å². The lowest BCUT2D eigenvalue weighted by molar-refractivity contribution is 0.951. The molecule has 2 heteroatoms. The van der Waals surface area contributed by atoms with Crippen LogP contribution in [0.3, 0.4) is 0 Å². The molecule has 1 heterocycles. The minimum absolute atomic E-state index is 0. The lowest BCUT2D eigenvalue weighted by Crippen LogP contribution is -2.16. The third-order valence-electron chi connectivity index (χ3n) is 1.08. The van der Waals surface area contributed by atoms with Gasteiger partial charge in [0.1, 0.15) is 0 Å². The summed E-state index contributed by atoms with van der Waals surface area (Å²) < 4.78 is 0. The van der Waals surface area contributed by atoms with E-state index >= 15 is 0 Å². The molecule has 0 unspecified atom stereocenters. The Morgan fingerprint density at radius 3 is 2.56 bits per heavy atom. The third-order valence-corrected chi connectivity index (χ3v) is 1.08. The number of nitrogens with one attached hydrogen (secondary N) is 1. The molecular formula is C7H18N2. The van der Waals surface area contributed by atoms with Crippen LogP contribution in [0.1, 0.15) is 28.6 Å². The van der Waals surface area contributed by atoms with Crippen LogP contribution in [0.15, 0.2) is 4.99 Å². The average molecular weight is 130 g/mol. The van der Waals surface area contributed by atoms with Gasteiger partial charge in [0.2, 0.25) is 0 Å². The predicted molar refractivity (Wildman–Crippen MR) is 44.1 cm³/mol. The molecule has 1 N–H and O–H groups in total. The van der Waals surface area contributed by atoms with Crippen molar-refractivity contribution in [3.05, 3.63) is 0 Å². The topological polar surface area (TPSA) is 24.4 Å². The first kappa shape index (κ1) is 8.47. The van der Waals surface area contributed by atoms with Crippen LogP contribution in [0.4, 0.5) is 0 Å². The van der Waals surface area contributed by atoms with Crippen LogP contribution in [-0.2, 0) is 0 Å². The van der Waals surface area contributed by atoms with Crippen LogP contribution in [0.5, 0.6) is 0 Å². The maximum atomic E-state index is 4.16. The van der Waals surface area contributed by atoms with Crippen molar-refractivity contribution in [2.24, 2.45) is 4.99 Å². The number of rotatable bonds is 1. The van der Waals surface area contributed by atoms with Gasteiger partial charge in [-0.1, -0.05) is 20.8 Å². The molecule has 2 nitrogen and oxygen atoms in total. The maximum Gasteiger partial charge on any atom is 0.0961 e. The molecule has 0 saturated carbocycles. The van der Waals surface area contributed by atoms with Crippen LogP contribution in [-0.4, -0.2) is 18.9 Å². The first-order valence-electron chi connectivity index (χ1n) is 3.70. The second-order valence-corrected chi connectivity index (χ2v) is 1.61. The quantitative estimate of drug-likeness (QED) is 0.573. The monoisotopic (exact) mass is 130 g/mol. The van der Waals surface area contributed by atoms with Crippen molar-refractivity contribution in [3.8, 4) is 0 Å². The summed E-state index contributed by atoms with van der Waals surface area (Å²) in [6, 6.07) is 0. The molecule has 0 bridgehead atoms. The van der Waals surface area contributed by atoms with Gasteiger partial charge >= 0.3 is 0 Å². The largest absolute Gasteiger partial charge is 0.372 e. The number of nitrogens with zero attached hydrogens (tertiary/aromatic N) is 1. The molecule has 0 saturated heterocycles. The van der Waals surface area contributed by atoms with E-state index in [9.17, 15) is 0 Å². The van der Waals surface area contributed by atoms with Gasteiger partial charge in [-0.15, -0.1) is 0 Å². The van der Waals surface area contributed by atoms with Gasteiger partial charge in [0.15, 0.2) is 0 Å². The molecule has 0 aromatic carbocycles. The average Bonchev–Trinajstić information content (AvgIpc) is 2.43. The Kier molecular flexibility index (Phi) is 5.27. The molecule has 1 aliphatic rings. The summed E-state index contributed by atoms with van der Waals surface area (Å²) in [4.78, 5) is 4.16. The molecule has 0 aliphatic carbocycles. The summed E-state index contributed by atoms with van der Waals surface area (Å²) in [5, 5.41) is 3.16. The molecule has 56 valence electrons. The van der Waals surface area contributed by atoms with E-state index < -0.39 is 0 Å². The fraction of sp³-hybridized carbons (Fsp3) is 0.857. The SMILES string of the molecule is CC.CCC1=NCCN1.[HH].